The molecule has 0 heterocycles. The number of likely N-dealkylation sites (N-methyl/N-ethyl adjacent to an activating group) is 1. The van der Waals surface area contributed by atoms with Gasteiger partial charge in [-0.15, -0.1) is 0 Å². The van der Waals surface area contributed by atoms with Crippen LogP contribution in [0.15, 0.2) is 48.5 Å². The number of halogens is 1. The average Bonchev–Trinajstić information content (AvgIpc) is 2.75. The van der Waals surface area contributed by atoms with E-state index in [2.05, 4.69) is 5.32 Å². The second-order valence-electron chi connectivity index (χ2n) is 7.07. The number of hydrogen-bond donors (Lipinski definition) is 1. The van der Waals surface area contributed by atoms with Crippen molar-refractivity contribution < 1.29 is 22.7 Å². The molecular formula is C22H28ClN3O5S. The minimum absolute atomic E-state index is 0.0395. The Labute approximate surface area is 194 Å². The number of carbonyl (C=O) groups excluding carboxylic acids is 2. The van der Waals surface area contributed by atoms with Gasteiger partial charge >= 0.3 is 0 Å². The molecule has 32 heavy (non-hydrogen) atoms. The molecule has 10 heteroatoms. The predicted molar refractivity (Wildman–Crippen MR) is 125 cm³/mol. The molecule has 2 rings (SSSR count). The molecule has 0 saturated carbocycles. The third-order valence-corrected chi connectivity index (χ3v) is 6.32. The Morgan fingerprint density at radius 2 is 1.75 bits per heavy atom. The van der Waals surface area contributed by atoms with Crippen molar-refractivity contribution in [3.05, 3.63) is 59.1 Å². The number of anilines is 1. The van der Waals surface area contributed by atoms with E-state index < -0.39 is 28.5 Å². The van der Waals surface area contributed by atoms with Gasteiger partial charge in [0, 0.05) is 18.6 Å². The van der Waals surface area contributed by atoms with Crippen molar-refractivity contribution in [1.82, 2.24) is 10.2 Å². The lowest BCUT2D eigenvalue weighted by Crippen LogP contribution is -2.50. The Balaban J connectivity index is 2.44. The van der Waals surface area contributed by atoms with Crippen molar-refractivity contribution >= 4 is 39.1 Å². The third-order valence-electron chi connectivity index (χ3n) is 4.83. The number of nitrogens with one attached hydrogen (secondary N) is 1. The van der Waals surface area contributed by atoms with Gasteiger partial charge in [0.25, 0.3) is 0 Å². The molecule has 0 saturated heterocycles. The van der Waals surface area contributed by atoms with E-state index in [1.54, 1.807) is 62.4 Å². The number of sulfonamides is 1. The van der Waals surface area contributed by atoms with Crippen molar-refractivity contribution in [3.8, 4) is 5.75 Å². The van der Waals surface area contributed by atoms with Crippen LogP contribution in [0.4, 0.5) is 5.69 Å². The third kappa shape index (κ3) is 6.37. The van der Waals surface area contributed by atoms with Crippen LogP contribution in [-0.4, -0.2) is 57.6 Å². The molecule has 0 aliphatic rings. The van der Waals surface area contributed by atoms with Gasteiger partial charge in [-0.2, -0.15) is 0 Å². The van der Waals surface area contributed by atoms with Gasteiger partial charge in [0.05, 0.1) is 18.6 Å². The summed E-state index contributed by atoms with van der Waals surface area (Å²) in [6.07, 6.45) is 1.02. The van der Waals surface area contributed by atoms with Crippen LogP contribution in [0.1, 0.15) is 19.4 Å². The quantitative estimate of drug-likeness (QED) is 0.562. The van der Waals surface area contributed by atoms with E-state index >= 15 is 0 Å². The number of carbonyl (C=O) groups is 2. The topological polar surface area (TPSA) is 96.0 Å². The second kappa shape index (κ2) is 11.2. The summed E-state index contributed by atoms with van der Waals surface area (Å²) in [4.78, 5) is 27.0. The van der Waals surface area contributed by atoms with Crippen LogP contribution in [-0.2, 0) is 26.2 Å². The Morgan fingerprint density at radius 1 is 1.12 bits per heavy atom. The first-order chi connectivity index (χ1) is 15.1. The average molecular weight is 482 g/mol. The molecule has 1 atom stereocenters. The summed E-state index contributed by atoms with van der Waals surface area (Å²) >= 11 is 6.26. The van der Waals surface area contributed by atoms with E-state index in [0.29, 0.717) is 22.9 Å². The van der Waals surface area contributed by atoms with Crippen LogP contribution in [0.25, 0.3) is 0 Å². The van der Waals surface area contributed by atoms with Crippen molar-refractivity contribution in [1.29, 1.82) is 0 Å². The zero-order valence-electron chi connectivity index (χ0n) is 18.5. The van der Waals surface area contributed by atoms with Gasteiger partial charge in [0.15, 0.2) is 0 Å². The van der Waals surface area contributed by atoms with Gasteiger partial charge in [-0.05, 0) is 37.6 Å². The predicted octanol–water partition coefficient (Wildman–Crippen LogP) is 2.67. The Kier molecular flexibility index (Phi) is 8.91. The highest BCUT2D eigenvalue weighted by molar-refractivity contribution is 7.92. The number of rotatable bonds is 10. The van der Waals surface area contributed by atoms with E-state index in [9.17, 15) is 18.0 Å². The minimum Gasteiger partial charge on any atom is -0.492 e. The highest BCUT2D eigenvalue weighted by atomic mass is 35.5. The maximum Gasteiger partial charge on any atom is 0.244 e. The number of para-hydroxylation sites is 2. The van der Waals surface area contributed by atoms with Crippen LogP contribution >= 0.6 is 11.6 Å². The highest BCUT2D eigenvalue weighted by Gasteiger charge is 2.31. The number of hydrogen-bond acceptors (Lipinski definition) is 5. The summed E-state index contributed by atoms with van der Waals surface area (Å²) < 4.78 is 31.8. The fraction of sp³-hybridized carbons (Fsp3) is 0.364. The van der Waals surface area contributed by atoms with Crippen LogP contribution in [0.3, 0.4) is 0 Å². The molecule has 2 aromatic carbocycles. The SMILES string of the molecule is CCOc1ccccc1N(CC(=O)N(Cc1ccccc1Cl)C(C)C(=O)NC)S(C)(=O)=O. The molecule has 1 N–H and O–H groups in total. The summed E-state index contributed by atoms with van der Waals surface area (Å²) in [6, 6.07) is 12.7. The molecule has 8 nitrogen and oxygen atoms in total. The summed E-state index contributed by atoms with van der Waals surface area (Å²) in [5, 5.41) is 2.96. The molecule has 0 spiro atoms. The lowest BCUT2D eigenvalue weighted by Gasteiger charge is -2.31. The molecule has 2 amide bonds. The summed E-state index contributed by atoms with van der Waals surface area (Å²) in [6.45, 7) is 3.22. The van der Waals surface area contributed by atoms with E-state index in [4.69, 9.17) is 16.3 Å². The van der Waals surface area contributed by atoms with Gasteiger partial charge in [-0.3, -0.25) is 13.9 Å². The lowest BCUT2D eigenvalue weighted by atomic mass is 10.1. The standard InChI is InChI=1S/C22H28ClN3O5S/c1-5-31-20-13-9-8-12-19(20)26(32(4,29)30)15-21(27)25(16(2)22(28)24-3)14-17-10-6-7-11-18(17)23/h6-13,16H,5,14-15H2,1-4H3,(H,24,28). The lowest BCUT2D eigenvalue weighted by molar-refractivity contribution is -0.139. The van der Waals surface area contributed by atoms with Crippen molar-refractivity contribution in [2.24, 2.45) is 0 Å². The zero-order valence-corrected chi connectivity index (χ0v) is 20.1. The summed E-state index contributed by atoms with van der Waals surface area (Å²) in [5.41, 5.74) is 0.884. The van der Waals surface area contributed by atoms with Crippen LogP contribution < -0.4 is 14.4 Å². The summed E-state index contributed by atoms with van der Waals surface area (Å²) in [7, 11) is -2.37. The Morgan fingerprint density at radius 3 is 2.34 bits per heavy atom. The van der Waals surface area contributed by atoms with Gasteiger partial charge in [0.1, 0.15) is 18.3 Å². The minimum atomic E-state index is -3.84. The molecular weight excluding hydrogens is 454 g/mol. The molecule has 0 aliphatic heterocycles. The Hall–Kier alpha value is -2.78. The fourth-order valence-corrected chi connectivity index (χ4v) is 4.19. The van der Waals surface area contributed by atoms with Crippen LogP contribution in [0.5, 0.6) is 5.75 Å². The van der Waals surface area contributed by atoms with E-state index in [1.165, 1.54) is 11.9 Å². The van der Waals surface area contributed by atoms with Crippen molar-refractivity contribution in [2.75, 3.05) is 30.8 Å². The molecule has 0 fully saturated rings. The number of benzene rings is 2. The van der Waals surface area contributed by atoms with Gasteiger partial charge in [-0.1, -0.05) is 41.9 Å². The van der Waals surface area contributed by atoms with Crippen LogP contribution in [0.2, 0.25) is 5.02 Å². The first-order valence-corrected chi connectivity index (χ1v) is 12.3. The van der Waals surface area contributed by atoms with Crippen molar-refractivity contribution in [3.63, 3.8) is 0 Å². The molecule has 0 aromatic heterocycles. The highest BCUT2D eigenvalue weighted by Crippen LogP contribution is 2.30. The number of amides is 2. The molecule has 0 bridgehead atoms. The molecule has 174 valence electrons. The molecule has 1 unspecified atom stereocenters. The monoisotopic (exact) mass is 481 g/mol. The zero-order chi connectivity index (χ0) is 23.9. The first kappa shape index (κ1) is 25.5. The van der Waals surface area contributed by atoms with E-state index in [0.717, 1.165) is 10.6 Å². The smallest absolute Gasteiger partial charge is 0.244 e. The van der Waals surface area contributed by atoms with Gasteiger partial charge in [-0.25, -0.2) is 8.42 Å². The van der Waals surface area contributed by atoms with Crippen molar-refractivity contribution in [2.45, 2.75) is 26.4 Å². The normalized spacial score (nSPS) is 12.0. The van der Waals surface area contributed by atoms with E-state index in [1.807, 2.05) is 0 Å². The summed E-state index contributed by atoms with van der Waals surface area (Å²) in [5.74, 6) is -0.603. The van der Waals surface area contributed by atoms with Gasteiger partial charge in [0.2, 0.25) is 21.8 Å². The largest absolute Gasteiger partial charge is 0.492 e. The number of ether oxygens (including phenoxy) is 1. The first-order valence-electron chi connectivity index (χ1n) is 10.0. The van der Waals surface area contributed by atoms with Crippen LogP contribution in [0, 0.1) is 0 Å². The van der Waals surface area contributed by atoms with E-state index in [-0.39, 0.29) is 18.1 Å². The fourth-order valence-electron chi connectivity index (χ4n) is 3.14. The second-order valence-corrected chi connectivity index (χ2v) is 9.39. The van der Waals surface area contributed by atoms with Gasteiger partial charge < -0.3 is 15.0 Å². The maximum absolute atomic E-state index is 13.4. The molecule has 0 radical (unpaired) electrons. The molecule has 0 aliphatic carbocycles. The Bertz CT molecular complexity index is 1060. The maximum atomic E-state index is 13.4. The molecule has 2 aromatic rings. The number of nitrogens with zero attached hydrogens (tertiary/aromatic N) is 2.